The number of anilines is 1. The molecule has 0 spiro atoms. The zero-order valence-electron chi connectivity index (χ0n) is 17.2. The molecule has 3 aromatic rings. The molecular weight excluding hydrogens is 452 g/mol. The maximum atomic E-state index is 12.8. The van der Waals surface area contributed by atoms with Gasteiger partial charge in [0, 0.05) is 29.1 Å². The molecule has 1 fully saturated rings. The average molecular weight is 475 g/mol. The van der Waals surface area contributed by atoms with Crippen LogP contribution in [0, 0.1) is 0 Å². The average Bonchev–Trinajstić information content (AvgIpc) is 3.56. The van der Waals surface area contributed by atoms with E-state index in [0.29, 0.717) is 23.5 Å². The van der Waals surface area contributed by atoms with Crippen LogP contribution in [0.1, 0.15) is 25.5 Å². The smallest absolute Gasteiger partial charge is 0.261 e. The van der Waals surface area contributed by atoms with Gasteiger partial charge in [-0.15, -0.1) is 0 Å². The number of aromatic nitrogens is 2. The van der Waals surface area contributed by atoms with Crippen LogP contribution in [0.4, 0.5) is 5.69 Å². The molecule has 0 bridgehead atoms. The molecule has 0 unspecified atom stereocenters. The number of aryl methyl sites for hydroxylation is 1. The number of benzene rings is 2. The van der Waals surface area contributed by atoms with Crippen molar-refractivity contribution < 1.29 is 16.8 Å². The predicted octanol–water partition coefficient (Wildman–Crippen LogP) is 2.24. The van der Waals surface area contributed by atoms with E-state index in [9.17, 15) is 21.6 Å². The van der Waals surface area contributed by atoms with E-state index in [0.717, 1.165) is 12.8 Å². The molecule has 3 N–H and O–H groups in total. The van der Waals surface area contributed by atoms with Crippen LogP contribution in [0.15, 0.2) is 69.2 Å². The molecule has 0 radical (unpaired) electrons. The first-order valence-corrected chi connectivity index (χ1v) is 13.0. The van der Waals surface area contributed by atoms with E-state index in [1.54, 1.807) is 24.3 Å². The fourth-order valence-corrected chi connectivity index (χ4v) is 5.41. The zero-order chi connectivity index (χ0) is 22.9. The lowest BCUT2D eigenvalue weighted by Gasteiger charge is -2.11. The molecule has 11 heteroatoms. The molecule has 4 rings (SSSR count). The maximum Gasteiger partial charge on any atom is 0.261 e. The molecule has 0 atom stereocenters. The summed E-state index contributed by atoms with van der Waals surface area (Å²) in [5, 5.41) is 0. The molecule has 168 valence electrons. The van der Waals surface area contributed by atoms with E-state index in [1.165, 1.54) is 30.3 Å². The highest BCUT2D eigenvalue weighted by atomic mass is 32.2. The Morgan fingerprint density at radius 1 is 0.969 bits per heavy atom. The third kappa shape index (κ3) is 5.06. The van der Waals surface area contributed by atoms with Gasteiger partial charge in [0.25, 0.3) is 15.6 Å². The Hall–Kier alpha value is -3.02. The number of rotatable bonds is 8. The van der Waals surface area contributed by atoms with Gasteiger partial charge in [0.2, 0.25) is 10.0 Å². The van der Waals surface area contributed by atoms with Crippen molar-refractivity contribution in [1.82, 2.24) is 14.7 Å². The summed E-state index contributed by atoms with van der Waals surface area (Å²) >= 11 is 0. The third-order valence-corrected chi connectivity index (χ3v) is 7.82. The van der Waals surface area contributed by atoms with Crippen LogP contribution in [-0.2, 0) is 26.5 Å². The van der Waals surface area contributed by atoms with Gasteiger partial charge in [0.15, 0.2) is 0 Å². The summed E-state index contributed by atoms with van der Waals surface area (Å²) in [6, 6.07) is 12.9. The summed E-state index contributed by atoms with van der Waals surface area (Å²) in [5.74, 6) is 0.341. The van der Waals surface area contributed by atoms with E-state index in [4.69, 9.17) is 0 Å². The largest absolute Gasteiger partial charge is 0.307 e. The van der Waals surface area contributed by atoms with E-state index in [-0.39, 0.29) is 27.1 Å². The Bertz CT molecular complexity index is 1410. The molecule has 9 nitrogen and oxygen atoms in total. The Balaban J connectivity index is 1.57. The molecular formula is C21H22N4O5S2. The number of hydrogen-bond donors (Lipinski definition) is 3. The van der Waals surface area contributed by atoms with Crippen molar-refractivity contribution >= 4 is 25.7 Å². The standard InChI is InChI=1S/C21H22N4O5S2/c1-2-15-13-20(26)23-21(22-15)14-4-3-5-17(12-14)25-32(29,30)19-10-8-18(9-11-19)31(27,28)24-16-6-7-16/h3-5,8-13,16,24-25H,2,6-7H2,1H3,(H,22,23,26). The first-order chi connectivity index (χ1) is 15.2. The van der Waals surface area contributed by atoms with Crippen molar-refractivity contribution in [3.8, 4) is 11.4 Å². The second kappa shape index (κ2) is 8.49. The lowest BCUT2D eigenvalue weighted by molar-refractivity contribution is 0.580. The number of hydrogen-bond acceptors (Lipinski definition) is 6. The first-order valence-electron chi connectivity index (χ1n) is 10.0. The topological polar surface area (TPSA) is 138 Å². The Morgan fingerprint density at radius 2 is 1.62 bits per heavy atom. The van der Waals surface area contributed by atoms with Gasteiger partial charge in [-0.05, 0) is 55.7 Å². The normalized spacial score (nSPS) is 14.3. The minimum atomic E-state index is -3.96. The van der Waals surface area contributed by atoms with Crippen molar-refractivity contribution in [3.05, 3.63) is 70.6 Å². The summed E-state index contributed by atoms with van der Waals surface area (Å²) in [4.78, 5) is 18.8. The summed E-state index contributed by atoms with van der Waals surface area (Å²) < 4.78 is 55.2. The van der Waals surface area contributed by atoms with Gasteiger partial charge in [0.1, 0.15) is 5.82 Å². The minimum absolute atomic E-state index is 0.0104. The molecule has 0 aliphatic heterocycles. The van der Waals surface area contributed by atoms with Gasteiger partial charge < -0.3 is 4.98 Å². The monoisotopic (exact) mass is 474 g/mol. The molecule has 1 saturated carbocycles. The van der Waals surface area contributed by atoms with E-state index < -0.39 is 20.0 Å². The fourth-order valence-electron chi connectivity index (χ4n) is 3.06. The highest BCUT2D eigenvalue weighted by Gasteiger charge is 2.28. The lowest BCUT2D eigenvalue weighted by atomic mass is 10.2. The van der Waals surface area contributed by atoms with Crippen LogP contribution in [-0.4, -0.2) is 32.8 Å². The van der Waals surface area contributed by atoms with Crippen LogP contribution >= 0.6 is 0 Å². The van der Waals surface area contributed by atoms with Crippen molar-refractivity contribution in [2.75, 3.05) is 4.72 Å². The summed E-state index contributed by atoms with van der Waals surface area (Å²) in [6.07, 6.45) is 2.20. The fraction of sp³-hybridized carbons (Fsp3) is 0.238. The predicted molar refractivity (Wildman–Crippen MR) is 120 cm³/mol. The summed E-state index contributed by atoms with van der Waals surface area (Å²) in [6.45, 7) is 1.88. The molecule has 1 aromatic heterocycles. The highest BCUT2D eigenvalue weighted by Crippen LogP contribution is 2.24. The zero-order valence-corrected chi connectivity index (χ0v) is 18.8. The number of sulfonamides is 2. The van der Waals surface area contributed by atoms with Crippen molar-refractivity contribution in [2.45, 2.75) is 42.0 Å². The summed E-state index contributed by atoms with van der Waals surface area (Å²) in [5.41, 5.74) is 1.16. The van der Waals surface area contributed by atoms with Crippen LogP contribution < -0.4 is 15.0 Å². The van der Waals surface area contributed by atoms with Crippen LogP contribution in [0.5, 0.6) is 0 Å². The Kier molecular flexibility index (Phi) is 5.89. The van der Waals surface area contributed by atoms with E-state index in [2.05, 4.69) is 19.4 Å². The molecule has 0 amide bonds. The van der Waals surface area contributed by atoms with Gasteiger partial charge >= 0.3 is 0 Å². The molecule has 1 heterocycles. The van der Waals surface area contributed by atoms with Crippen molar-refractivity contribution in [1.29, 1.82) is 0 Å². The lowest BCUT2D eigenvalue weighted by Crippen LogP contribution is -2.25. The van der Waals surface area contributed by atoms with Gasteiger partial charge in [-0.3, -0.25) is 9.52 Å². The summed E-state index contributed by atoms with van der Waals surface area (Å²) in [7, 11) is -7.63. The number of nitrogens with one attached hydrogen (secondary N) is 3. The second-order valence-electron chi connectivity index (χ2n) is 7.49. The van der Waals surface area contributed by atoms with E-state index >= 15 is 0 Å². The van der Waals surface area contributed by atoms with Gasteiger partial charge in [-0.2, -0.15) is 0 Å². The molecule has 2 aromatic carbocycles. The minimum Gasteiger partial charge on any atom is -0.307 e. The van der Waals surface area contributed by atoms with Crippen LogP contribution in [0.25, 0.3) is 11.4 Å². The molecule has 1 aliphatic carbocycles. The van der Waals surface area contributed by atoms with Crippen LogP contribution in [0.3, 0.4) is 0 Å². The second-order valence-corrected chi connectivity index (χ2v) is 10.9. The highest BCUT2D eigenvalue weighted by molar-refractivity contribution is 7.92. The number of nitrogens with zero attached hydrogens (tertiary/aromatic N) is 1. The van der Waals surface area contributed by atoms with Crippen LogP contribution in [0.2, 0.25) is 0 Å². The first kappa shape index (κ1) is 22.2. The molecule has 1 aliphatic rings. The SMILES string of the molecule is CCc1cc(=O)[nH]c(-c2cccc(NS(=O)(=O)c3ccc(S(=O)(=O)NC4CC4)cc3)c2)n1. The molecule has 0 saturated heterocycles. The Morgan fingerprint density at radius 3 is 2.25 bits per heavy atom. The molecule has 32 heavy (non-hydrogen) atoms. The maximum absolute atomic E-state index is 12.8. The Labute approximate surface area is 186 Å². The van der Waals surface area contributed by atoms with Gasteiger partial charge in [-0.25, -0.2) is 26.5 Å². The van der Waals surface area contributed by atoms with Gasteiger partial charge in [0.05, 0.1) is 9.79 Å². The van der Waals surface area contributed by atoms with Gasteiger partial charge in [-0.1, -0.05) is 19.1 Å². The van der Waals surface area contributed by atoms with E-state index in [1.807, 2.05) is 6.92 Å². The van der Waals surface area contributed by atoms with Crippen molar-refractivity contribution in [3.63, 3.8) is 0 Å². The third-order valence-electron chi connectivity index (χ3n) is 4.89. The number of aromatic amines is 1. The number of H-pyrrole nitrogens is 1. The quantitative estimate of drug-likeness (QED) is 0.458. The van der Waals surface area contributed by atoms with Crippen molar-refractivity contribution in [2.24, 2.45) is 0 Å².